The minimum absolute atomic E-state index is 0. The summed E-state index contributed by atoms with van der Waals surface area (Å²) in [5, 5.41) is 2.56. The Morgan fingerprint density at radius 3 is 2.74 bits per heavy atom. The van der Waals surface area contributed by atoms with E-state index >= 15 is 4.39 Å². The summed E-state index contributed by atoms with van der Waals surface area (Å²) in [4.78, 5) is 30.6. The monoisotopic (exact) mass is 486 g/mol. The average molecular weight is 487 g/mol. The normalized spacial score (nSPS) is 28.9. The fourth-order valence-electron chi connectivity index (χ4n) is 5.49. The first-order chi connectivity index (χ1) is 16.6. The van der Waals surface area contributed by atoms with Gasteiger partial charge in [-0.3, -0.25) is 9.59 Å². The number of carbonyl (C=O) groups excluding carboxylic acids is 1. The summed E-state index contributed by atoms with van der Waals surface area (Å²) in [5.74, 6) is -1.69. The Morgan fingerprint density at radius 1 is 1.37 bits per heavy atom. The lowest BCUT2D eigenvalue weighted by atomic mass is 9.62. The second kappa shape index (κ2) is 7.36. The minimum atomic E-state index is -1.07. The van der Waals surface area contributed by atoms with Crippen molar-refractivity contribution in [2.75, 3.05) is 11.9 Å². The van der Waals surface area contributed by atoms with Crippen molar-refractivity contribution >= 4 is 17.2 Å². The standard InChI is InChI=1S/C25H26F2N4O4.H2/c1-13(2)35-20-14(22(32)28-16-5-4-6-31(23(16)33)17-7-15(17)26)8-30-9-18(29-21(30)19(20)27)25-10-24(3,11-25)34-12-25;/h4-6,8-9,13,15,17H,7,10-12H2,1-3H3,(H,28,32);1H/t15-,17+,24?,25?;/m0./s1. The average Bonchev–Trinajstić information content (AvgIpc) is 3.11. The molecule has 2 saturated carbocycles. The Labute approximate surface area is 201 Å². The van der Waals surface area contributed by atoms with Gasteiger partial charge in [0, 0.05) is 31.9 Å². The number of rotatable bonds is 6. The fraction of sp³-hybridized carbons (Fsp3) is 0.480. The quantitative estimate of drug-likeness (QED) is 0.569. The van der Waals surface area contributed by atoms with Crippen LogP contribution in [0.15, 0.2) is 35.5 Å². The number of ether oxygens (including phenoxy) is 2. The molecule has 8 nitrogen and oxygen atoms in total. The van der Waals surface area contributed by atoms with E-state index in [0.717, 1.165) is 18.5 Å². The molecule has 186 valence electrons. The minimum Gasteiger partial charge on any atom is -0.487 e. The maximum absolute atomic E-state index is 15.7. The number of aromatic nitrogens is 3. The third kappa shape index (κ3) is 3.45. The van der Waals surface area contributed by atoms with Crippen LogP contribution >= 0.6 is 0 Å². The third-order valence-corrected chi connectivity index (χ3v) is 7.16. The van der Waals surface area contributed by atoms with Crippen molar-refractivity contribution in [3.8, 4) is 5.75 Å². The highest BCUT2D eigenvalue weighted by molar-refractivity contribution is 6.06. The van der Waals surface area contributed by atoms with Crippen molar-refractivity contribution in [3.05, 3.63) is 58.2 Å². The SMILES string of the molecule is CC(C)Oc1c(C(=O)Nc2cccn([C@@H]3C[C@@H]3F)c2=O)cn2cc(C34COC(C)(C3)C4)nc2c1F.[HH]. The Morgan fingerprint density at radius 2 is 2.11 bits per heavy atom. The predicted octanol–water partition coefficient (Wildman–Crippen LogP) is 4.02. The third-order valence-electron chi connectivity index (χ3n) is 7.16. The molecular weight excluding hydrogens is 458 g/mol. The number of nitrogens with zero attached hydrogens (tertiary/aromatic N) is 3. The van der Waals surface area contributed by atoms with E-state index in [1.165, 1.54) is 27.4 Å². The molecule has 7 rings (SSSR count). The highest BCUT2D eigenvalue weighted by atomic mass is 19.1. The smallest absolute Gasteiger partial charge is 0.274 e. The van der Waals surface area contributed by atoms with Crippen molar-refractivity contribution in [2.45, 2.75) is 69.4 Å². The first kappa shape index (κ1) is 22.2. The molecule has 0 unspecified atom stereocenters. The Bertz CT molecular complexity index is 1430. The molecule has 10 heteroatoms. The molecule has 1 amide bonds. The molecule has 1 N–H and O–H groups in total. The lowest BCUT2D eigenvalue weighted by Gasteiger charge is -2.41. The summed E-state index contributed by atoms with van der Waals surface area (Å²) in [7, 11) is 0. The maximum Gasteiger partial charge on any atom is 0.274 e. The molecule has 4 fully saturated rings. The van der Waals surface area contributed by atoms with Crippen LogP contribution in [-0.4, -0.2) is 44.3 Å². The van der Waals surface area contributed by atoms with Crippen LogP contribution in [0.1, 0.15) is 63.6 Å². The van der Waals surface area contributed by atoms with Gasteiger partial charge in [0.1, 0.15) is 17.4 Å². The molecule has 3 aromatic rings. The van der Waals surface area contributed by atoms with E-state index in [9.17, 15) is 14.0 Å². The fourth-order valence-corrected chi connectivity index (χ4v) is 5.49. The van der Waals surface area contributed by atoms with Crippen molar-refractivity contribution in [1.29, 1.82) is 0 Å². The number of anilines is 1. The summed E-state index contributed by atoms with van der Waals surface area (Å²) in [6, 6.07) is 2.48. The molecule has 2 saturated heterocycles. The van der Waals surface area contributed by atoms with E-state index < -0.39 is 35.6 Å². The van der Waals surface area contributed by atoms with Gasteiger partial charge in [-0.15, -0.1) is 0 Å². The molecule has 4 aliphatic rings. The molecule has 2 aliphatic carbocycles. The van der Waals surface area contributed by atoms with Crippen molar-refractivity contribution in [2.24, 2.45) is 0 Å². The summed E-state index contributed by atoms with van der Waals surface area (Å²) < 4.78 is 43.5. The van der Waals surface area contributed by atoms with E-state index in [0.29, 0.717) is 6.61 Å². The van der Waals surface area contributed by atoms with Crippen LogP contribution in [0.4, 0.5) is 14.5 Å². The zero-order valence-electron chi connectivity index (χ0n) is 19.7. The number of nitrogens with one attached hydrogen (secondary N) is 1. The lowest BCUT2D eigenvalue weighted by molar-refractivity contribution is 0.0154. The van der Waals surface area contributed by atoms with E-state index in [2.05, 4.69) is 17.2 Å². The molecule has 5 heterocycles. The van der Waals surface area contributed by atoms with Gasteiger partial charge in [-0.05, 0) is 45.7 Å². The first-order valence-electron chi connectivity index (χ1n) is 11.8. The van der Waals surface area contributed by atoms with Gasteiger partial charge in [-0.2, -0.15) is 4.39 Å². The summed E-state index contributed by atoms with van der Waals surface area (Å²) >= 11 is 0. The van der Waals surface area contributed by atoms with E-state index in [1.807, 2.05) is 0 Å². The highest BCUT2D eigenvalue weighted by Gasteiger charge is 2.61. The van der Waals surface area contributed by atoms with Crippen LogP contribution in [0.5, 0.6) is 5.75 Å². The molecule has 35 heavy (non-hydrogen) atoms. The molecule has 2 bridgehead atoms. The largest absolute Gasteiger partial charge is 0.487 e. The van der Waals surface area contributed by atoms with Gasteiger partial charge in [0.15, 0.2) is 11.4 Å². The summed E-state index contributed by atoms with van der Waals surface area (Å²) in [6.07, 6.45) is 5.09. The van der Waals surface area contributed by atoms with Gasteiger partial charge in [-0.25, -0.2) is 9.37 Å². The second-order valence-corrected chi connectivity index (χ2v) is 10.5. The number of alkyl halides is 1. The summed E-state index contributed by atoms with van der Waals surface area (Å²) in [5.41, 5.74) is -0.234. The number of hydrogen-bond acceptors (Lipinski definition) is 5. The first-order valence-corrected chi connectivity index (χ1v) is 11.8. The van der Waals surface area contributed by atoms with Crippen molar-refractivity contribution in [3.63, 3.8) is 0 Å². The number of carbonyl (C=O) groups is 1. The second-order valence-electron chi connectivity index (χ2n) is 10.5. The maximum atomic E-state index is 15.7. The lowest BCUT2D eigenvalue weighted by Crippen LogP contribution is -2.45. The van der Waals surface area contributed by atoms with Crippen LogP contribution in [0.3, 0.4) is 0 Å². The number of halogens is 2. The van der Waals surface area contributed by atoms with Gasteiger partial charge >= 0.3 is 0 Å². The van der Waals surface area contributed by atoms with Crippen LogP contribution in [0.25, 0.3) is 5.65 Å². The molecule has 0 radical (unpaired) electrons. The Hall–Kier alpha value is -3.27. The molecule has 0 aromatic carbocycles. The topological polar surface area (TPSA) is 86.9 Å². The summed E-state index contributed by atoms with van der Waals surface area (Å²) in [6.45, 7) is 6.04. The number of pyridine rings is 2. The van der Waals surface area contributed by atoms with Crippen LogP contribution in [0.2, 0.25) is 0 Å². The predicted molar refractivity (Wildman–Crippen MR) is 126 cm³/mol. The van der Waals surface area contributed by atoms with Crippen LogP contribution < -0.4 is 15.6 Å². The van der Waals surface area contributed by atoms with Gasteiger partial charge in [0.2, 0.25) is 5.82 Å². The van der Waals surface area contributed by atoms with E-state index in [1.54, 1.807) is 26.1 Å². The number of amides is 1. The molecule has 0 spiro atoms. The van der Waals surface area contributed by atoms with Crippen molar-refractivity contribution in [1.82, 2.24) is 14.0 Å². The Kier molecular flexibility index (Phi) is 4.67. The Balaban J connectivity index is 0.00000267. The van der Waals surface area contributed by atoms with Gasteiger partial charge in [-0.1, -0.05) is 0 Å². The molecule has 2 atom stereocenters. The zero-order valence-corrected chi connectivity index (χ0v) is 19.7. The van der Waals surface area contributed by atoms with Gasteiger partial charge in [0.05, 0.1) is 30.0 Å². The van der Waals surface area contributed by atoms with E-state index in [4.69, 9.17) is 9.47 Å². The number of fused-ring (bicyclic) bond motifs is 2. The molecule has 3 aromatic heterocycles. The van der Waals surface area contributed by atoms with E-state index in [-0.39, 0.29) is 41.5 Å². The molecular formula is C25H28F2N4O4. The van der Waals surface area contributed by atoms with Gasteiger partial charge in [0.25, 0.3) is 11.5 Å². The number of imidazole rings is 1. The molecule has 2 aliphatic heterocycles. The highest BCUT2D eigenvalue weighted by Crippen LogP contribution is 2.58. The van der Waals surface area contributed by atoms with Crippen LogP contribution in [0, 0.1) is 5.82 Å². The number of hydrogen-bond donors (Lipinski definition) is 1. The zero-order chi connectivity index (χ0) is 24.7. The van der Waals surface area contributed by atoms with Crippen LogP contribution in [-0.2, 0) is 10.2 Å². The van der Waals surface area contributed by atoms with Crippen molar-refractivity contribution < 1.29 is 24.5 Å². The van der Waals surface area contributed by atoms with Gasteiger partial charge < -0.3 is 23.8 Å².